The summed E-state index contributed by atoms with van der Waals surface area (Å²) < 4.78 is 0. The van der Waals surface area contributed by atoms with Gasteiger partial charge < -0.3 is 5.32 Å². The summed E-state index contributed by atoms with van der Waals surface area (Å²) in [7, 11) is 0. The van der Waals surface area contributed by atoms with Crippen LogP contribution in [-0.4, -0.2) is 27.4 Å². The Morgan fingerprint density at radius 2 is 1.79 bits per heavy atom. The molecule has 2 heterocycles. The molecule has 0 saturated carbocycles. The van der Waals surface area contributed by atoms with Crippen LogP contribution in [0.25, 0.3) is 22.6 Å². The number of amides is 1. The highest BCUT2D eigenvalue weighted by atomic mass is 16.3. The molecule has 0 aliphatic rings. The Kier molecular flexibility index (Phi) is 6.90. The quantitative estimate of drug-likeness (QED) is 0.299. The van der Waals surface area contributed by atoms with E-state index in [0.29, 0.717) is 34.9 Å². The molecule has 7 heteroatoms. The minimum atomic E-state index is -0.252. The molecule has 0 bridgehead atoms. The molecular weight excluding hydrogens is 414 g/mol. The van der Waals surface area contributed by atoms with Crippen LogP contribution in [0.1, 0.15) is 28.0 Å². The van der Waals surface area contributed by atoms with Crippen molar-refractivity contribution >= 4 is 11.6 Å². The van der Waals surface area contributed by atoms with Crippen LogP contribution in [0.15, 0.2) is 84.3 Å². The zero-order valence-electron chi connectivity index (χ0n) is 18.2. The van der Waals surface area contributed by atoms with Gasteiger partial charge in [0.1, 0.15) is 5.69 Å². The minimum Gasteiger partial charge on any atom is -0.352 e. The fraction of sp³-hybridized carbons (Fsp3) is 0.154. The molecule has 0 saturated heterocycles. The zero-order valence-corrected chi connectivity index (χ0v) is 18.2. The Labute approximate surface area is 191 Å². The number of carbonyl (C=O) groups is 1. The fourth-order valence-corrected chi connectivity index (χ4v) is 3.62. The number of nitroso groups, excluding NO2 is 1. The molecule has 33 heavy (non-hydrogen) atoms. The number of hydrogen-bond acceptors (Lipinski definition) is 6. The first-order chi connectivity index (χ1) is 16.2. The molecule has 0 spiro atoms. The number of aryl methyl sites for hydroxylation is 2. The smallest absolute Gasteiger partial charge is 0.255 e. The van der Waals surface area contributed by atoms with Gasteiger partial charge in [0, 0.05) is 30.1 Å². The van der Waals surface area contributed by atoms with Crippen molar-refractivity contribution in [3.8, 4) is 22.6 Å². The third-order valence-corrected chi connectivity index (χ3v) is 5.23. The maximum absolute atomic E-state index is 13.2. The summed E-state index contributed by atoms with van der Waals surface area (Å²) in [5.41, 5.74) is 4.23. The Morgan fingerprint density at radius 1 is 0.970 bits per heavy atom. The van der Waals surface area contributed by atoms with Crippen molar-refractivity contribution in [1.29, 1.82) is 0 Å². The molecule has 7 nitrogen and oxygen atoms in total. The van der Waals surface area contributed by atoms with Crippen LogP contribution in [0, 0.1) is 11.8 Å². The first-order valence-electron chi connectivity index (χ1n) is 10.7. The van der Waals surface area contributed by atoms with Gasteiger partial charge in [-0.15, -0.1) is 4.91 Å². The Hall–Kier alpha value is -4.26. The predicted octanol–water partition coefficient (Wildman–Crippen LogP) is 5.27. The Morgan fingerprint density at radius 3 is 2.55 bits per heavy atom. The van der Waals surface area contributed by atoms with Crippen LogP contribution in [0.3, 0.4) is 0 Å². The first kappa shape index (κ1) is 22.0. The van der Waals surface area contributed by atoms with Crippen molar-refractivity contribution in [3.05, 3.63) is 101 Å². The van der Waals surface area contributed by atoms with Crippen molar-refractivity contribution in [2.75, 3.05) is 6.54 Å². The highest BCUT2D eigenvalue weighted by Gasteiger charge is 2.21. The molecule has 2 aromatic heterocycles. The van der Waals surface area contributed by atoms with E-state index in [1.807, 2.05) is 24.3 Å². The number of hydrogen-bond donors (Lipinski definition) is 1. The number of nitrogens with one attached hydrogen (secondary N) is 1. The summed E-state index contributed by atoms with van der Waals surface area (Å²) in [4.78, 5) is 37.7. The molecule has 1 amide bonds. The molecule has 2 aromatic carbocycles. The van der Waals surface area contributed by atoms with Gasteiger partial charge in [0.25, 0.3) is 5.91 Å². The predicted molar refractivity (Wildman–Crippen MR) is 128 cm³/mol. The molecule has 0 aliphatic carbocycles. The highest BCUT2D eigenvalue weighted by Crippen LogP contribution is 2.29. The normalized spacial score (nSPS) is 10.6. The summed E-state index contributed by atoms with van der Waals surface area (Å²) in [5.74, 6) is 0.207. The fourth-order valence-electron chi connectivity index (χ4n) is 3.62. The number of nitrogens with zero attached hydrogens (tertiary/aromatic N) is 4. The lowest BCUT2D eigenvalue weighted by molar-refractivity contribution is 0.0952. The van der Waals surface area contributed by atoms with Gasteiger partial charge in [-0.1, -0.05) is 42.5 Å². The summed E-state index contributed by atoms with van der Waals surface area (Å²) in [6.45, 7) is 2.30. The first-order valence-corrected chi connectivity index (χ1v) is 10.7. The third kappa shape index (κ3) is 5.33. The lowest BCUT2D eigenvalue weighted by Gasteiger charge is -2.14. The zero-order chi connectivity index (χ0) is 23.0. The van der Waals surface area contributed by atoms with Gasteiger partial charge in [-0.2, -0.15) is 0 Å². The number of carbonyl (C=O) groups excluding carboxylic acids is 1. The van der Waals surface area contributed by atoms with E-state index in [1.165, 1.54) is 5.56 Å². The van der Waals surface area contributed by atoms with Gasteiger partial charge in [-0.25, -0.2) is 9.97 Å². The van der Waals surface area contributed by atoms with Crippen LogP contribution in [0.4, 0.5) is 5.69 Å². The molecule has 164 valence electrons. The van der Waals surface area contributed by atoms with Gasteiger partial charge in [-0.05, 0) is 54.8 Å². The molecule has 1 N–H and O–H groups in total. The van der Waals surface area contributed by atoms with Crippen molar-refractivity contribution in [2.24, 2.45) is 5.18 Å². The van der Waals surface area contributed by atoms with Crippen molar-refractivity contribution in [2.45, 2.75) is 19.8 Å². The monoisotopic (exact) mass is 437 g/mol. The summed E-state index contributed by atoms with van der Waals surface area (Å²) in [6.07, 6.45) is 5.03. The van der Waals surface area contributed by atoms with Crippen LogP contribution in [0.5, 0.6) is 0 Å². The van der Waals surface area contributed by atoms with E-state index in [-0.39, 0.29) is 11.6 Å². The van der Waals surface area contributed by atoms with Gasteiger partial charge >= 0.3 is 0 Å². The molecule has 0 unspecified atom stereocenters. The second kappa shape index (κ2) is 10.4. The molecule has 4 aromatic rings. The van der Waals surface area contributed by atoms with Gasteiger partial charge in [0.15, 0.2) is 5.82 Å². The van der Waals surface area contributed by atoms with Crippen molar-refractivity contribution < 1.29 is 4.79 Å². The van der Waals surface area contributed by atoms with E-state index in [4.69, 9.17) is 4.98 Å². The molecule has 0 atom stereocenters. The molecule has 0 radical (unpaired) electrons. The lowest BCUT2D eigenvalue weighted by Crippen LogP contribution is -2.27. The van der Waals surface area contributed by atoms with Crippen LogP contribution in [0.2, 0.25) is 0 Å². The standard InChI is InChI=1S/C26H23N5O2/c1-18-23(26(32)28-15-6-10-19-8-3-2-4-9-19)24(20-11-5-13-22(16-20)31-33)30-25(29-18)21-12-7-14-27-17-21/h2-5,7-9,11-14,16-17H,6,10,15H2,1H3,(H,28,32). The Bertz CT molecular complexity index is 1260. The van der Waals surface area contributed by atoms with E-state index in [2.05, 4.69) is 32.6 Å². The number of pyridine rings is 1. The van der Waals surface area contributed by atoms with Gasteiger partial charge in [0.2, 0.25) is 0 Å². The average molecular weight is 438 g/mol. The topological polar surface area (TPSA) is 97.2 Å². The largest absolute Gasteiger partial charge is 0.352 e. The maximum Gasteiger partial charge on any atom is 0.255 e. The van der Waals surface area contributed by atoms with Crippen molar-refractivity contribution in [3.63, 3.8) is 0 Å². The second-order valence-corrected chi connectivity index (χ2v) is 7.58. The van der Waals surface area contributed by atoms with E-state index >= 15 is 0 Å². The van der Waals surface area contributed by atoms with Crippen LogP contribution >= 0.6 is 0 Å². The summed E-state index contributed by atoms with van der Waals surface area (Å²) >= 11 is 0. The number of benzene rings is 2. The molecule has 0 fully saturated rings. The van der Waals surface area contributed by atoms with Gasteiger partial charge in [-0.3, -0.25) is 9.78 Å². The third-order valence-electron chi connectivity index (χ3n) is 5.23. The maximum atomic E-state index is 13.2. The number of rotatable bonds is 8. The molecule has 4 rings (SSSR count). The van der Waals surface area contributed by atoms with E-state index in [1.54, 1.807) is 49.6 Å². The average Bonchev–Trinajstić information content (AvgIpc) is 2.87. The van der Waals surface area contributed by atoms with Gasteiger partial charge in [0.05, 0.1) is 17.0 Å². The van der Waals surface area contributed by atoms with Crippen LogP contribution in [-0.2, 0) is 6.42 Å². The number of aromatic nitrogens is 3. The molecular formula is C26H23N5O2. The summed E-state index contributed by atoms with van der Waals surface area (Å²) in [6, 6.07) is 20.6. The lowest BCUT2D eigenvalue weighted by atomic mass is 10.0. The van der Waals surface area contributed by atoms with E-state index < -0.39 is 0 Å². The van der Waals surface area contributed by atoms with E-state index in [0.717, 1.165) is 18.4 Å². The van der Waals surface area contributed by atoms with E-state index in [9.17, 15) is 9.70 Å². The Balaban J connectivity index is 1.64. The SMILES string of the molecule is Cc1nc(-c2cccnc2)nc(-c2cccc(N=O)c2)c1C(=O)NCCCc1ccccc1. The second-order valence-electron chi connectivity index (χ2n) is 7.58. The van der Waals surface area contributed by atoms with Crippen molar-refractivity contribution in [1.82, 2.24) is 20.3 Å². The minimum absolute atomic E-state index is 0.252. The molecule has 0 aliphatic heterocycles. The summed E-state index contributed by atoms with van der Waals surface area (Å²) in [5, 5.41) is 6.01. The highest BCUT2D eigenvalue weighted by molar-refractivity contribution is 6.01. The van der Waals surface area contributed by atoms with Crippen LogP contribution < -0.4 is 5.32 Å².